The Morgan fingerprint density at radius 2 is 1.32 bits per heavy atom. The van der Waals surface area contributed by atoms with Crippen molar-refractivity contribution in [3.05, 3.63) is 64.7 Å². The minimum absolute atomic E-state index is 0.160. The normalized spacial score (nSPS) is 15.0. The topological polar surface area (TPSA) is 57.6 Å². The quantitative estimate of drug-likeness (QED) is 0.459. The molecule has 0 aromatic heterocycles. The van der Waals surface area contributed by atoms with E-state index in [1.807, 2.05) is 0 Å². The summed E-state index contributed by atoms with van der Waals surface area (Å²) >= 11 is 0. The van der Waals surface area contributed by atoms with E-state index in [0.717, 1.165) is 26.2 Å². The lowest BCUT2D eigenvalue weighted by atomic mass is 9.85. The Morgan fingerprint density at radius 1 is 0.857 bits per heavy atom. The van der Waals surface area contributed by atoms with E-state index in [0.29, 0.717) is 12.1 Å². The molecule has 0 aliphatic carbocycles. The molecule has 2 rings (SSSR count). The van der Waals surface area contributed by atoms with Gasteiger partial charge in [-0.05, 0) is 5.56 Å². The minimum Gasteiger partial charge on any atom is -0.372 e. The SMILES string of the molecule is CN(C)S(=O)(=O)c1c(F)c(F)c(F)c(F)c1C(O)(c1ccccc1)C(F)(F)F. The highest BCUT2D eigenvalue weighted by Crippen LogP contribution is 2.48. The lowest BCUT2D eigenvalue weighted by Crippen LogP contribution is -2.46. The Bertz CT molecular complexity index is 1010. The van der Waals surface area contributed by atoms with Gasteiger partial charge in [-0.3, -0.25) is 0 Å². The predicted octanol–water partition coefficient (Wildman–Crippen LogP) is 3.29. The summed E-state index contributed by atoms with van der Waals surface area (Å²) in [5.41, 5.74) is -7.95. The average Bonchev–Trinajstić information content (AvgIpc) is 2.61. The molecule has 0 heterocycles. The number of nitrogens with zero attached hydrogens (tertiary/aromatic N) is 1. The maximum atomic E-state index is 14.5. The molecule has 12 heteroatoms. The molecule has 0 aliphatic heterocycles. The molecule has 4 nitrogen and oxygen atoms in total. The maximum absolute atomic E-state index is 14.5. The van der Waals surface area contributed by atoms with E-state index in [1.54, 1.807) is 0 Å². The van der Waals surface area contributed by atoms with Crippen molar-refractivity contribution in [2.45, 2.75) is 16.7 Å². The zero-order valence-corrected chi connectivity index (χ0v) is 15.0. The van der Waals surface area contributed by atoms with Crippen molar-refractivity contribution in [2.75, 3.05) is 14.1 Å². The molecule has 28 heavy (non-hydrogen) atoms. The van der Waals surface area contributed by atoms with Gasteiger partial charge in [-0.2, -0.15) is 13.2 Å². The summed E-state index contributed by atoms with van der Waals surface area (Å²) in [6, 6.07) is 4.47. The summed E-state index contributed by atoms with van der Waals surface area (Å²) in [7, 11) is -3.81. The summed E-state index contributed by atoms with van der Waals surface area (Å²) < 4.78 is 123. The van der Waals surface area contributed by atoms with Gasteiger partial charge in [0, 0.05) is 14.1 Å². The summed E-state index contributed by atoms with van der Waals surface area (Å²) in [5, 5.41) is 10.4. The molecule has 2 aromatic rings. The van der Waals surface area contributed by atoms with E-state index >= 15 is 0 Å². The Morgan fingerprint density at radius 3 is 1.75 bits per heavy atom. The summed E-state index contributed by atoms with van der Waals surface area (Å²) in [6.45, 7) is 0. The largest absolute Gasteiger partial charge is 0.425 e. The minimum atomic E-state index is -5.84. The molecule has 0 spiro atoms. The number of benzene rings is 2. The van der Waals surface area contributed by atoms with Crippen molar-refractivity contribution in [3.63, 3.8) is 0 Å². The van der Waals surface area contributed by atoms with Crippen molar-refractivity contribution < 1.29 is 44.3 Å². The van der Waals surface area contributed by atoms with Gasteiger partial charge < -0.3 is 5.11 Å². The van der Waals surface area contributed by atoms with Crippen molar-refractivity contribution in [1.29, 1.82) is 0 Å². The second kappa shape index (κ2) is 7.01. The standard InChI is InChI=1S/C16H12F7NO3S/c1-24(2)28(26,27)14-9(10(17)11(18)12(19)13(14)20)15(25,16(21,22)23)8-6-4-3-5-7-8/h3-7,25H,1-2H3. The fraction of sp³-hybridized carbons (Fsp3) is 0.250. The summed E-state index contributed by atoms with van der Waals surface area (Å²) in [4.78, 5) is -2.17. The molecule has 0 aliphatic rings. The van der Waals surface area contributed by atoms with Crippen LogP contribution < -0.4 is 0 Å². The molecule has 0 bridgehead atoms. The second-order valence-electron chi connectivity index (χ2n) is 5.82. The Labute approximate surface area is 154 Å². The van der Waals surface area contributed by atoms with Crippen LogP contribution in [0, 0.1) is 23.3 Å². The lowest BCUT2D eigenvalue weighted by Gasteiger charge is -2.33. The Balaban J connectivity index is 3.18. The van der Waals surface area contributed by atoms with E-state index in [4.69, 9.17) is 0 Å². The van der Waals surface area contributed by atoms with Gasteiger partial charge in [0.25, 0.3) is 0 Å². The first-order valence-corrected chi connectivity index (χ1v) is 8.76. The fourth-order valence-electron chi connectivity index (χ4n) is 2.49. The van der Waals surface area contributed by atoms with Crippen LogP contribution in [0.1, 0.15) is 11.1 Å². The maximum Gasteiger partial charge on any atom is 0.425 e. The first kappa shape index (κ1) is 22.1. The molecule has 0 radical (unpaired) electrons. The molecule has 0 saturated carbocycles. The van der Waals surface area contributed by atoms with E-state index in [9.17, 15) is 44.3 Å². The zero-order chi connectivity index (χ0) is 21.7. The van der Waals surface area contributed by atoms with Crippen LogP contribution in [-0.4, -0.2) is 38.1 Å². The number of halogens is 7. The van der Waals surface area contributed by atoms with Crippen molar-refractivity contribution >= 4 is 10.0 Å². The average molecular weight is 431 g/mol. The molecular formula is C16H12F7NO3S. The third-order valence-corrected chi connectivity index (χ3v) is 5.79. The van der Waals surface area contributed by atoms with E-state index < -0.39 is 61.1 Å². The summed E-state index contributed by atoms with van der Waals surface area (Å²) in [6.07, 6.45) is -5.84. The number of hydrogen-bond donors (Lipinski definition) is 1. The smallest absolute Gasteiger partial charge is 0.372 e. The molecule has 0 saturated heterocycles. The predicted molar refractivity (Wildman–Crippen MR) is 82.6 cm³/mol. The highest BCUT2D eigenvalue weighted by atomic mass is 32.2. The number of hydrogen-bond acceptors (Lipinski definition) is 3. The van der Waals surface area contributed by atoms with Crippen LogP contribution >= 0.6 is 0 Å². The molecule has 1 unspecified atom stereocenters. The van der Waals surface area contributed by atoms with Crippen LogP contribution in [0.4, 0.5) is 30.7 Å². The molecule has 2 aromatic carbocycles. The fourth-order valence-corrected chi connectivity index (χ4v) is 3.67. The zero-order valence-electron chi connectivity index (χ0n) is 14.2. The van der Waals surface area contributed by atoms with Crippen molar-refractivity contribution in [1.82, 2.24) is 4.31 Å². The molecule has 1 atom stereocenters. The van der Waals surface area contributed by atoms with Crippen LogP contribution in [0.25, 0.3) is 0 Å². The first-order chi connectivity index (χ1) is 12.7. The van der Waals surface area contributed by atoms with E-state index in [2.05, 4.69) is 0 Å². The molecule has 0 fully saturated rings. The molecular weight excluding hydrogens is 419 g/mol. The highest BCUT2D eigenvalue weighted by molar-refractivity contribution is 7.89. The number of rotatable bonds is 4. The third-order valence-electron chi connectivity index (χ3n) is 3.93. The number of aliphatic hydroxyl groups is 1. The van der Waals surface area contributed by atoms with Gasteiger partial charge in [-0.1, -0.05) is 30.3 Å². The van der Waals surface area contributed by atoms with Crippen LogP contribution in [0.2, 0.25) is 0 Å². The molecule has 154 valence electrons. The van der Waals surface area contributed by atoms with Gasteiger partial charge in [0.2, 0.25) is 15.6 Å². The van der Waals surface area contributed by atoms with Crippen LogP contribution in [0.15, 0.2) is 35.2 Å². The second-order valence-corrected chi connectivity index (χ2v) is 7.91. The monoisotopic (exact) mass is 431 g/mol. The number of alkyl halides is 3. The number of sulfonamides is 1. The summed E-state index contributed by atoms with van der Waals surface area (Å²) in [5.74, 6) is -10.6. The lowest BCUT2D eigenvalue weighted by molar-refractivity contribution is -0.250. The van der Waals surface area contributed by atoms with Crippen molar-refractivity contribution in [2.24, 2.45) is 0 Å². The van der Waals surface area contributed by atoms with Crippen molar-refractivity contribution in [3.8, 4) is 0 Å². The van der Waals surface area contributed by atoms with Gasteiger partial charge in [0.05, 0.1) is 5.56 Å². The van der Waals surface area contributed by atoms with Gasteiger partial charge in [-0.15, -0.1) is 0 Å². The third kappa shape index (κ3) is 3.14. The van der Waals surface area contributed by atoms with Gasteiger partial charge >= 0.3 is 6.18 Å². The van der Waals surface area contributed by atoms with E-state index in [1.165, 1.54) is 6.07 Å². The highest BCUT2D eigenvalue weighted by Gasteiger charge is 2.60. The molecule has 1 N–H and O–H groups in total. The van der Waals surface area contributed by atoms with Gasteiger partial charge in [-0.25, -0.2) is 30.3 Å². The van der Waals surface area contributed by atoms with Crippen LogP contribution in [0.5, 0.6) is 0 Å². The van der Waals surface area contributed by atoms with Gasteiger partial charge in [0.1, 0.15) is 4.90 Å². The first-order valence-electron chi connectivity index (χ1n) is 7.32. The Hall–Kier alpha value is -2.18. The van der Waals surface area contributed by atoms with Crippen LogP contribution in [-0.2, 0) is 15.6 Å². The molecule has 0 amide bonds. The Kier molecular flexibility index (Phi) is 5.54. The van der Waals surface area contributed by atoms with Crippen LogP contribution in [0.3, 0.4) is 0 Å². The van der Waals surface area contributed by atoms with E-state index in [-0.39, 0.29) is 4.31 Å². The van der Waals surface area contributed by atoms with Gasteiger partial charge in [0.15, 0.2) is 23.3 Å².